The minimum Gasteiger partial charge on any atom is -0.484 e. The molecule has 0 amide bonds. The number of rotatable bonds is 5. The Morgan fingerprint density at radius 2 is 2.06 bits per heavy atom. The topological polar surface area (TPSA) is 48.2 Å². The van der Waals surface area contributed by atoms with Crippen LogP contribution in [0.3, 0.4) is 0 Å². The summed E-state index contributed by atoms with van der Waals surface area (Å²) in [7, 11) is 0. The number of halogens is 2. The van der Waals surface area contributed by atoms with Crippen LogP contribution < -0.4 is 4.74 Å². The van der Waals surface area contributed by atoms with Crippen LogP contribution >= 0.6 is 23.2 Å². The predicted molar refractivity (Wildman–Crippen MR) is 69.2 cm³/mol. The SMILES string of the molecule is Cc1cc(Cl)ccc1OCc1nnc(CCCl)o1. The Balaban J connectivity index is 1.97. The fourth-order valence-electron chi connectivity index (χ4n) is 1.44. The van der Waals surface area contributed by atoms with E-state index in [0.29, 0.717) is 29.1 Å². The Kier molecular flexibility index (Phi) is 4.44. The number of alkyl halides is 1. The van der Waals surface area contributed by atoms with Crippen LogP contribution in [0.1, 0.15) is 17.3 Å². The first-order valence-electron chi connectivity index (χ1n) is 5.45. The molecule has 0 aliphatic rings. The standard InChI is InChI=1S/C12H12Cl2N2O2/c1-8-6-9(14)2-3-10(8)17-7-12-16-15-11(18-12)4-5-13/h2-3,6H,4-5,7H2,1H3. The zero-order chi connectivity index (χ0) is 13.0. The smallest absolute Gasteiger partial charge is 0.253 e. The Hall–Kier alpha value is -1.26. The van der Waals surface area contributed by atoms with Crippen LogP contribution in [-0.2, 0) is 13.0 Å². The van der Waals surface area contributed by atoms with Gasteiger partial charge in [0.25, 0.3) is 5.89 Å². The molecule has 0 atom stereocenters. The highest BCUT2D eigenvalue weighted by molar-refractivity contribution is 6.30. The van der Waals surface area contributed by atoms with Gasteiger partial charge in [-0.25, -0.2) is 0 Å². The number of aromatic nitrogens is 2. The molecule has 18 heavy (non-hydrogen) atoms. The molecule has 0 aliphatic heterocycles. The highest BCUT2D eigenvalue weighted by Crippen LogP contribution is 2.22. The molecule has 0 N–H and O–H groups in total. The summed E-state index contributed by atoms with van der Waals surface area (Å²) in [5.41, 5.74) is 0.961. The number of hydrogen-bond acceptors (Lipinski definition) is 4. The van der Waals surface area contributed by atoms with E-state index in [1.807, 2.05) is 19.1 Å². The van der Waals surface area contributed by atoms with Gasteiger partial charge in [-0.05, 0) is 30.7 Å². The predicted octanol–water partition coefficient (Wildman–Crippen LogP) is 3.39. The third-order valence-corrected chi connectivity index (χ3v) is 2.73. The van der Waals surface area contributed by atoms with E-state index in [2.05, 4.69) is 10.2 Å². The van der Waals surface area contributed by atoms with Gasteiger partial charge >= 0.3 is 0 Å². The molecule has 2 aromatic rings. The summed E-state index contributed by atoms with van der Waals surface area (Å²) < 4.78 is 10.9. The number of ether oxygens (including phenoxy) is 1. The molecular formula is C12H12Cl2N2O2. The van der Waals surface area contributed by atoms with Crippen LogP contribution in [0.15, 0.2) is 22.6 Å². The maximum atomic E-state index is 5.86. The van der Waals surface area contributed by atoms with Gasteiger partial charge in [-0.3, -0.25) is 0 Å². The molecule has 0 radical (unpaired) electrons. The Morgan fingerprint density at radius 1 is 1.28 bits per heavy atom. The van der Waals surface area contributed by atoms with Crippen molar-refractivity contribution in [3.05, 3.63) is 40.6 Å². The summed E-state index contributed by atoms with van der Waals surface area (Å²) in [4.78, 5) is 0. The van der Waals surface area contributed by atoms with Crippen LogP contribution in [0.2, 0.25) is 5.02 Å². The van der Waals surface area contributed by atoms with E-state index in [1.54, 1.807) is 6.07 Å². The van der Waals surface area contributed by atoms with Gasteiger partial charge in [0.1, 0.15) is 5.75 Å². The van der Waals surface area contributed by atoms with Crippen molar-refractivity contribution in [1.29, 1.82) is 0 Å². The molecule has 0 saturated carbocycles. The van der Waals surface area contributed by atoms with E-state index in [-0.39, 0.29) is 6.61 Å². The van der Waals surface area contributed by atoms with Crippen molar-refractivity contribution < 1.29 is 9.15 Å². The Labute approximate surface area is 115 Å². The quantitative estimate of drug-likeness (QED) is 0.791. The molecule has 96 valence electrons. The first kappa shape index (κ1) is 13.2. The average molecular weight is 287 g/mol. The molecule has 6 heteroatoms. The van der Waals surface area contributed by atoms with Gasteiger partial charge in [-0.15, -0.1) is 21.8 Å². The van der Waals surface area contributed by atoms with Crippen molar-refractivity contribution in [2.24, 2.45) is 0 Å². The third kappa shape index (κ3) is 3.37. The minimum atomic E-state index is 0.234. The molecule has 0 bridgehead atoms. The lowest BCUT2D eigenvalue weighted by molar-refractivity contribution is 0.258. The first-order valence-corrected chi connectivity index (χ1v) is 6.36. The second-order valence-corrected chi connectivity index (χ2v) is 4.54. The Bertz CT molecular complexity index is 529. The molecule has 0 spiro atoms. The Morgan fingerprint density at radius 3 is 2.78 bits per heavy atom. The molecule has 0 saturated heterocycles. The minimum absolute atomic E-state index is 0.234. The van der Waals surface area contributed by atoms with Crippen LogP contribution in [0.5, 0.6) is 5.75 Å². The maximum absolute atomic E-state index is 5.86. The van der Waals surface area contributed by atoms with E-state index >= 15 is 0 Å². The van der Waals surface area contributed by atoms with Gasteiger partial charge < -0.3 is 9.15 Å². The van der Waals surface area contributed by atoms with E-state index in [0.717, 1.165) is 11.3 Å². The van der Waals surface area contributed by atoms with Gasteiger partial charge in [-0.1, -0.05) is 11.6 Å². The van der Waals surface area contributed by atoms with Gasteiger partial charge in [0, 0.05) is 17.3 Å². The zero-order valence-corrected chi connectivity index (χ0v) is 11.3. The van der Waals surface area contributed by atoms with E-state index < -0.39 is 0 Å². The van der Waals surface area contributed by atoms with Crippen LogP contribution in [-0.4, -0.2) is 16.1 Å². The number of hydrogen-bond donors (Lipinski definition) is 0. The lowest BCUT2D eigenvalue weighted by Gasteiger charge is -2.06. The summed E-state index contributed by atoms with van der Waals surface area (Å²) in [6, 6.07) is 5.42. The number of nitrogens with zero attached hydrogens (tertiary/aromatic N) is 2. The zero-order valence-electron chi connectivity index (χ0n) is 9.82. The highest BCUT2D eigenvalue weighted by Gasteiger charge is 2.07. The van der Waals surface area contributed by atoms with Gasteiger partial charge in [0.05, 0.1) is 0 Å². The van der Waals surface area contributed by atoms with E-state index in [4.69, 9.17) is 32.4 Å². The van der Waals surface area contributed by atoms with Crippen LogP contribution in [0.4, 0.5) is 0 Å². The maximum Gasteiger partial charge on any atom is 0.253 e. The van der Waals surface area contributed by atoms with Crippen molar-refractivity contribution in [1.82, 2.24) is 10.2 Å². The molecule has 1 aromatic carbocycles. The number of benzene rings is 1. The van der Waals surface area contributed by atoms with Crippen molar-refractivity contribution in [3.63, 3.8) is 0 Å². The van der Waals surface area contributed by atoms with E-state index in [1.165, 1.54) is 0 Å². The largest absolute Gasteiger partial charge is 0.484 e. The lowest BCUT2D eigenvalue weighted by Crippen LogP contribution is -1.97. The van der Waals surface area contributed by atoms with Gasteiger partial charge in [-0.2, -0.15) is 0 Å². The lowest BCUT2D eigenvalue weighted by atomic mass is 10.2. The van der Waals surface area contributed by atoms with E-state index in [9.17, 15) is 0 Å². The molecule has 4 nitrogen and oxygen atoms in total. The summed E-state index contributed by atoms with van der Waals surface area (Å²) in [5.74, 6) is 2.16. The number of aryl methyl sites for hydroxylation is 2. The van der Waals surface area contributed by atoms with Gasteiger partial charge in [0.15, 0.2) is 6.61 Å². The fraction of sp³-hybridized carbons (Fsp3) is 0.333. The van der Waals surface area contributed by atoms with Crippen molar-refractivity contribution in [2.45, 2.75) is 20.0 Å². The second kappa shape index (κ2) is 6.07. The molecule has 1 heterocycles. The summed E-state index contributed by atoms with van der Waals surface area (Å²) in [5, 5.41) is 8.41. The molecule has 0 aliphatic carbocycles. The van der Waals surface area contributed by atoms with Gasteiger partial charge in [0.2, 0.25) is 5.89 Å². The molecule has 0 unspecified atom stereocenters. The average Bonchev–Trinajstić information content (AvgIpc) is 2.76. The van der Waals surface area contributed by atoms with Crippen LogP contribution in [0.25, 0.3) is 0 Å². The highest BCUT2D eigenvalue weighted by atomic mass is 35.5. The molecule has 1 aromatic heterocycles. The molecule has 0 fully saturated rings. The molecule has 2 rings (SSSR count). The fourth-order valence-corrected chi connectivity index (χ4v) is 1.83. The van der Waals surface area contributed by atoms with Crippen molar-refractivity contribution in [2.75, 3.05) is 5.88 Å². The monoisotopic (exact) mass is 286 g/mol. The summed E-state index contributed by atoms with van der Waals surface area (Å²) in [6.45, 7) is 2.16. The summed E-state index contributed by atoms with van der Waals surface area (Å²) >= 11 is 11.4. The summed E-state index contributed by atoms with van der Waals surface area (Å²) in [6.07, 6.45) is 0.564. The first-order chi connectivity index (χ1) is 8.69. The normalized spacial score (nSPS) is 10.6. The third-order valence-electron chi connectivity index (χ3n) is 2.31. The molecular weight excluding hydrogens is 275 g/mol. The second-order valence-electron chi connectivity index (χ2n) is 3.73. The van der Waals surface area contributed by atoms with Crippen molar-refractivity contribution in [3.8, 4) is 5.75 Å². The van der Waals surface area contributed by atoms with Crippen molar-refractivity contribution >= 4 is 23.2 Å². The van der Waals surface area contributed by atoms with Crippen LogP contribution in [0, 0.1) is 6.92 Å².